The van der Waals surface area contributed by atoms with Crippen LogP contribution in [0.3, 0.4) is 0 Å². The standard InChI is InChI=1S/C15H17N3O2/c1-10(11-3-6-13(20-2)7-4-11)18-15(19)12-5-8-14(16)17-9-12/h3-10H,1-2H3,(H2,16,17)(H,18,19). The minimum atomic E-state index is -0.180. The van der Waals surface area contributed by atoms with Crippen LogP contribution in [0.2, 0.25) is 0 Å². The van der Waals surface area contributed by atoms with E-state index in [1.165, 1.54) is 6.20 Å². The summed E-state index contributed by atoms with van der Waals surface area (Å²) in [5.74, 6) is 1.00. The number of carbonyl (C=O) groups is 1. The van der Waals surface area contributed by atoms with Crippen molar-refractivity contribution in [3.8, 4) is 5.75 Å². The zero-order chi connectivity index (χ0) is 14.5. The molecule has 2 aromatic rings. The summed E-state index contributed by atoms with van der Waals surface area (Å²) in [5, 5.41) is 2.91. The molecule has 0 bridgehead atoms. The van der Waals surface area contributed by atoms with Crippen molar-refractivity contribution < 1.29 is 9.53 Å². The lowest BCUT2D eigenvalue weighted by molar-refractivity contribution is 0.0939. The summed E-state index contributed by atoms with van der Waals surface area (Å²) in [4.78, 5) is 15.9. The molecular formula is C15H17N3O2. The Hall–Kier alpha value is -2.56. The average Bonchev–Trinajstić information content (AvgIpc) is 2.48. The molecule has 0 saturated heterocycles. The lowest BCUT2D eigenvalue weighted by atomic mass is 10.1. The number of carbonyl (C=O) groups excluding carboxylic acids is 1. The summed E-state index contributed by atoms with van der Waals surface area (Å²) in [6.45, 7) is 1.92. The summed E-state index contributed by atoms with van der Waals surface area (Å²) in [7, 11) is 1.62. The van der Waals surface area contributed by atoms with Crippen LogP contribution in [0.5, 0.6) is 5.75 Å². The van der Waals surface area contributed by atoms with Crippen LogP contribution >= 0.6 is 0 Å². The fourth-order valence-electron chi connectivity index (χ4n) is 1.80. The van der Waals surface area contributed by atoms with E-state index >= 15 is 0 Å². The molecule has 0 saturated carbocycles. The first-order valence-corrected chi connectivity index (χ1v) is 6.26. The largest absolute Gasteiger partial charge is 0.497 e. The number of nitrogens with two attached hydrogens (primary N) is 1. The molecule has 1 heterocycles. The second-order valence-electron chi connectivity index (χ2n) is 4.44. The quantitative estimate of drug-likeness (QED) is 0.893. The Bertz CT molecular complexity index is 579. The fraction of sp³-hybridized carbons (Fsp3) is 0.200. The van der Waals surface area contributed by atoms with Crippen LogP contribution in [-0.2, 0) is 0 Å². The first-order valence-electron chi connectivity index (χ1n) is 6.26. The van der Waals surface area contributed by atoms with Crippen LogP contribution in [0.1, 0.15) is 28.9 Å². The van der Waals surface area contributed by atoms with Gasteiger partial charge < -0.3 is 15.8 Å². The highest BCUT2D eigenvalue weighted by molar-refractivity contribution is 5.94. The summed E-state index contributed by atoms with van der Waals surface area (Å²) in [6.07, 6.45) is 1.46. The highest BCUT2D eigenvalue weighted by Crippen LogP contribution is 2.17. The van der Waals surface area contributed by atoms with Gasteiger partial charge in [0.2, 0.25) is 0 Å². The van der Waals surface area contributed by atoms with Crippen molar-refractivity contribution in [1.82, 2.24) is 10.3 Å². The third-order valence-corrected chi connectivity index (χ3v) is 3.01. The lowest BCUT2D eigenvalue weighted by Gasteiger charge is -2.14. The topological polar surface area (TPSA) is 77.2 Å². The highest BCUT2D eigenvalue weighted by Gasteiger charge is 2.11. The van der Waals surface area contributed by atoms with Gasteiger partial charge >= 0.3 is 0 Å². The number of ether oxygens (including phenoxy) is 1. The zero-order valence-corrected chi connectivity index (χ0v) is 11.5. The summed E-state index contributed by atoms with van der Waals surface area (Å²) in [5.41, 5.74) is 6.98. The van der Waals surface area contributed by atoms with Gasteiger partial charge in [-0.3, -0.25) is 4.79 Å². The third kappa shape index (κ3) is 3.26. The Labute approximate surface area is 117 Å². The second-order valence-corrected chi connectivity index (χ2v) is 4.44. The van der Waals surface area contributed by atoms with Crippen LogP contribution in [0.25, 0.3) is 0 Å². The summed E-state index contributed by atoms with van der Waals surface area (Å²) in [6, 6.07) is 10.7. The van der Waals surface area contributed by atoms with E-state index < -0.39 is 0 Å². The molecule has 1 unspecified atom stereocenters. The number of hydrogen-bond donors (Lipinski definition) is 2. The number of nitrogens with zero attached hydrogens (tertiary/aromatic N) is 1. The Morgan fingerprint density at radius 2 is 1.95 bits per heavy atom. The number of pyridine rings is 1. The number of hydrogen-bond acceptors (Lipinski definition) is 4. The molecule has 5 heteroatoms. The van der Waals surface area contributed by atoms with Gasteiger partial charge in [-0.2, -0.15) is 0 Å². The maximum Gasteiger partial charge on any atom is 0.253 e. The van der Waals surface area contributed by atoms with E-state index in [1.807, 2.05) is 31.2 Å². The normalized spacial score (nSPS) is 11.7. The van der Waals surface area contributed by atoms with Crippen LogP contribution in [0.4, 0.5) is 5.82 Å². The van der Waals surface area contributed by atoms with Gasteiger partial charge in [-0.15, -0.1) is 0 Å². The molecule has 0 aliphatic heterocycles. The Morgan fingerprint density at radius 3 is 2.50 bits per heavy atom. The molecule has 1 aromatic heterocycles. The first-order chi connectivity index (χ1) is 9.60. The van der Waals surface area contributed by atoms with Crippen LogP contribution in [0, 0.1) is 0 Å². The second kappa shape index (κ2) is 6.06. The summed E-state index contributed by atoms with van der Waals surface area (Å²) < 4.78 is 5.10. The first kappa shape index (κ1) is 13.9. The van der Waals surface area contributed by atoms with Crippen molar-refractivity contribution in [3.05, 3.63) is 53.7 Å². The molecule has 20 heavy (non-hydrogen) atoms. The van der Waals surface area contributed by atoms with Crippen molar-refractivity contribution in [1.29, 1.82) is 0 Å². The number of anilines is 1. The molecule has 3 N–H and O–H groups in total. The van der Waals surface area contributed by atoms with Crippen molar-refractivity contribution in [3.63, 3.8) is 0 Å². The van der Waals surface area contributed by atoms with Gasteiger partial charge in [-0.05, 0) is 36.8 Å². The molecule has 1 amide bonds. The predicted molar refractivity (Wildman–Crippen MR) is 77.5 cm³/mol. The van der Waals surface area contributed by atoms with Crippen LogP contribution in [-0.4, -0.2) is 18.0 Å². The van der Waals surface area contributed by atoms with E-state index in [1.54, 1.807) is 19.2 Å². The van der Waals surface area contributed by atoms with Gasteiger partial charge in [-0.25, -0.2) is 4.98 Å². The third-order valence-electron chi connectivity index (χ3n) is 3.01. The van der Waals surface area contributed by atoms with Crippen molar-refractivity contribution in [2.45, 2.75) is 13.0 Å². The lowest BCUT2D eigenvalue weighted by Crippen LogP contribution is -2.26. The molecule has 1 atom stereocenters. The molecular weight excluding hydrogens is 254 g/mol. The van der Waals surface area contributed by atoms with Gasteiger partial charge in [-0.1, -0.05) is 12.1 Å². The number of rotatable bonds is 4. The molecule has 0 radical (unpaired) electrons. The fourth-order valence-corrected chi connectivity index (χ4v) is 1.80. The minimum absolute atomic E-state index is 0.106. The predicted octanol–water partition coefficient (Wildman–Crippen LogP) is 2.16. The number of nitrogens with one attached hydrogen (secondary N) is 1. The molecule has 5 nitrogen and oxygen atoms in total. The molecule has 0 spiro atoms. The highest BCUT2D eigenvalue weighted by atomic mass is 16.5. The van der Waals surface area contributed by atoms with E-state index in [0.29, 0.717) is 11.4 Å². The molecule has 0 fully saturated rings. The Morgan fingerprint density at radius 1 is 1.25 bits per heavy atom. The smallest absolute Gasteiger partial charge is 0.253 e. The number of aromatic nitrogens is 1. The molecule has 0 aliphatic carbocycles. The molecule has 1 aromatic carbocycles. The van der Waals surface area contributed by atoms with Gasteiger partial charge in [0.25, 0.3) is 5.91 Å². The van der Waals surface area contributed by atoms with E-state index in [0.717, 1.165) is 11.3 Å². The van der Waals surface area contributed by atoms with Crippen LogP contribution in [0.15, 0.2) is 42.6 Å². The van der Waals surface area contributed by atoms with Gasteiger partial charge in [0, 0.05) is 6.20 Å². The number of methoxy groups -OCH3 is 1. The molecule has 2 rings (SSSR count). The Kier molecular flexibility index (Phi) is 4.20. The SMILES string of the molecule is COc1ccc(C(C)NC(=O)c2ccc(N)nc2)cc1. The van der Waals surface area contributed by atoms with Crippen LogP contribution < -0.4 is 15.8 Å². The van der Waals surface area contributed by atoms with E-state index in [-0.39, 0.29) is 11.9 Å². The van der Waals surface area contributed by atoms with E-state index in [4.69, 9.17) is 10.5 Å². The maximum atomic E-state index is 12.0. The van der Waals surface area contributed by atoms with E-state index in [2.05, 4.69) is 10.3 Å². The minimum Gasteiger partial charge on any atom is -0.497 e. The molecule has 0 aliphatic rings. The maximum absolute atomic E-state index is 12.0. The summed E-state index contributed by atoms with van der Waals surface area (Å²) >= 11 is 0. The van der Waals surface area contributed by atoms with Gasteiger partial charge in [0.1, 0.15) is 11.6 Å². The Balaban J connectivity index is 2.04. The van der Waals surface area contributed by atoms with Gasteiger partial charge in [0.05, 0.1) is 18.7 Å². The monoisotopic (exact) mass is 271 g/mol. The average molecular weight is 271 g/mol. The van der Waals surface area contributed by atoms with Crippen molar-refractivity contribution in [2.75, 3.05) is 12.8 Å². The van der Waals surface area contributed by atoms with E-state index in [9.17, 15) is 4.79 Å². The molecule has 104 valence electrons. The zero-order valence-electron chi connectivity index (χ0n) is 11.5. The van der Waals surface area contributed by atoms with Crippen molar-refractivity contribution >= 4 is 11.7 Å². The number of nitrogen functional groups attached to an aromatic ring is 1. The van der Waals surface area contributed by atoms with Gasteiger partial charge in [0.15, 0.2) is 0 Å². The number of benzene rings is 1. The number of amides is 1. The van der Waals surface area contributed by atoms with Crippen molar-refractivity contribution in [2.24, 2.45) is 0 Å².